The molecule has 0 aliphatic rings. The molecule has 72 valence electrons. The zero-order valence-corrected chi connectivity index (χ0v) is 7.90. The molecule has 0 radical (unpaired) electrons. The smallest absolute Gasteiger partial charge is 0.228 e. The minimum atomic E-state index is -0.192. The van der Waals surface area contributed by atoms with Crippen LogP contribution in [0.15, 0.2) is 16.5 Å². The van der Waals surface area contributed by atoms with Gasteiger partial charge in [0.1, 0.15) is 5.76 Å². The third kappa shape index (κ3) is 1.08. The van der Waals surface area contributed by atoms with Gasteiger partial charge in [-0.25, -0.2) is 0 Å². The normalized spacial score (nSPS) is 10.7. The highest BCUT2D eigenvalue weighted by Crippen LogP contribution is 2.22. The summed E-state index contributed by atoms with van der Waals surface area (Å²) in [7, 11) is 0. The second-order valence-corrected chi connectivity index (χ2v) is 3.15. The molecule has 0 aliphatic carbocycles. The first kappa shape index (κ1) is 8.74. The number of carbonyl (C=O) groups is 2. The first-order valence-electron chi connectivity index (χ1n) is 4.21. The van der Waals surface area contributed by atoms with E-state index in [4.69, 9.17) is 4.42 Å². The van der Waals surface area contributed by atoms with Crippen molar-refractivity contribution in [3.8, 4) is 0 Å². The van der Waals surface area contributed by atoms with Crippen LogP contribution in [0.4, 0.5) is 0 Å². The Bertz CT molecular complexity index is 519. The molecule has 0 unspecified atom stereocenters. The average Bonchev–Trinajstić information content (AvgIpc) is 2.58. The molecule has 2 heterocycles. The zero-order valence-electron chi connectivity index (χ0n) is 7.90. The van der Waals surface area contributed by atoms with Gasteiger partial charge in [0.2, 0.25) is 5.91 Å². The summed E-state index contributed by atoms with van der Waals surface area (Å²) in [5, 5.41) is 0. The summed E-state index contributed by atoms with van der Waals surface area (Å²) in [5.74, 6) is 0.533. The van der Waals surface area contributed by atoms with Crippen molar-refractivity contribution < 1.29 is 14.0 Å². The number of aldehydes is 1. The van der Waals surface area contributed by atoms with Crippen LogP contribution in [0, 0.1) is 6.92 Å². The average molecular weight is 191 g/mol. The third-order valence-electron chi connectivity index (χ3n) is 2.08. The molecule has 0 aliphatic heterocycles. The molecule has 4 heteroatoms. The summed E-state index contributed by atoms with van der Waals surface area (Å²) in [6, 6.07) is 3.31. The van der Waals surface area contributed by atoms with E-state index in [1.807, 2.05) is 0 Å². The third-order valence-corrected chi connectivity index (χ3v) is 2.08. The summed E-state index contributed by atoms with van der Waals surface area (Å²) in [5.41, 5.74) is 1.54. The van der Waals surface area contributed by atoms with E-state index in [0.717, 1.165) is 5.76 Å². The van der Waals surface area contributed by atoms with E-state index in [9.17, 15) is 9.59 Å². The van der Waals surface area contributed by atoms with Gasteiger partial charge in [-0.15, -0.1) is 0 Å². The van der Waals surface area contributed by atoms with E-state index < -0.39 is 0 Å². The second kappa shape index (κ2) is 2.83. The molecular weight excluding hydrogens is 182 g/mol. The number of hydrogen-bond acceptors (Lipinski definition) is 3. The lowest BCUT2D eigenvalue weighted by molar-refractivity contribution is 0.0929. The Morgan fingerprint density at radius 3 is 2.79 bits per heavy atom. The van der Waals surface area contributed by atoms with Gasteiger partial charge in [-0.3, -0.25) is 14.2 Å². The number of furan rings is 1. The van der Waals surface area contributed by atoms with Crippen molar-refractivity contribution in [1.29, 1.82) is 0 Å². The lowest BCUT2D eigenvalue weighted by Crippen LogP contribution is -2.08. The molecule has 0 aromatic carbocycles. The van der Waals surface area contributed by atoms with Crippen LogP contribution in [-0.2, 0) is 0 Å². The highest BCUT2D eigenvalue weighted by atomic mass is 16.3. The van der Waals surface area contributed by atoms with Gasteiger partial charge < -0.3 is 4.42 Å². The summed E-state index contributed by atoms with van der Waals surface area (Å²) < 4.78 is 6.66. The number of rotatable bonds is 1. The minimum Gasteiger partial charge on any atom is -0.460 e. The van der Waals surface area contributed by atoms with Crippen molar-refractivity contribution in [3.05, 3.63) is 23.6 Å². The van der Waals surface area contributed by atoms with Crippen LogP contribution in [0.5, 0.6) is 0 Å². The largest absolute Gasteiger partial charge is 0.460 e. The summed E-state index contributed by atoms with van der Waals surface area (Å²) in [6.45, 7) is 3.21. The number of fused-ring (bicyclic) bond motifs is 1. The lowest BCUT2D eigenvalue weighted by atomic mass is 10.4. The zero-order chi connectivity index (χ0) is 10.3. The van der Waals surface area contributed by atoms with E-state index in [0.29, 0.717) is 23.1 Å². The van der Waals surface area contributed by atoms with E-state index >= 15 is 0 Å². The van der Waals surface area contributed by atoms with Crippen LogP contribution in [0.1, 0.15) is 28.0 Å². The molecule has 4 nitrogen and oxygen atoms in total. The second-order valence-electron chi connectivity index (χ2n) is 3.15. The summed E-state index contributed by atoms with van der Waals surface area (Å²) in [6.07, 6.45) is 0.645. The van der Waals surface area contributed by atoms with Crippen LogP contribution in [-0.4, -0.2) is 16.8 Å². The van der Waals surface area contributed by atoms with Gasteiger partial charge in [0.05, 0.1) is 11.2 Å². The van der Waals surface area contributed by atoms with Crippen molar-refractivity contribution in [2.24, 2.45) is 0 Å². The Hall–Kier alpha value is -1.84. The highest BCUT2D eigenvalue weighted by molar-refractivity contribution is 5.96. The molecule has 0 saturated heterocycles. The van der Waals surface area contributed by atoms with E-state index in [1.54, 1.807) is 19.1 Å². The van der Waals surface area contributed by atoms with Crippen molar-refractivity contribution in [1.82, 2.24) is 4.57 Å². The predicted molar refractivity (Wildman–Crippen MR) is 50.6 cm³/mol. The molecule has 2 rings (SSSR count). The molecule has 0 fully saturated rings. The number of hydrogen-bond donors (Lipinski definition) is 0. The Morgan fingerprint density at radius 2 is 2.21 bits per heavy atom. The number of carbonyl (C=O) groups excluding carboxylic acids is 2. The Labute approximate surface area is 80.1 Å². The van der Waals surface area contributed by atoms with Crippen molar-refractivity contribution in [2.45, 2.75) is 13.8 Å². The number of aryl methyl sites for hydroxylation is 1. The maximum absolute atomic E-state index is 11.3. The van der Waals surface area contributed by atoms with E-state index in [1.165, 1.54) is 11.5 Å². The fourth-order valence-corrected chi connectivity index (χ4v) is 1.57. The standard InChI is InChI=1S/C10H9NO3/c1-6-3-9-10(14-6)4-8(5-12)11(9)7(2)13/h3-5H,1-2H3. The Kier molecular flexibility index (Phi) is 1.77. The highest BCUT2D eigenvalue weighted by Gasteiger charge is 2.14. The molecule has 2 aromatic rings. The van der Waals surface area contributed by atoms with Gasteiger partial charge in [-0.1, -0.05) is 0 Å². The maximum atomic E-state index is 11.3. The van der Waals surface area contributed by atoms with Crippen molar-refractivity contribution in [3.63, 3.8) is 0 Å². The fourth-order valence-electron chi connectivity index (χ4n) is 1.57. The van der Waals surface area contributed by atoms with Gasteiger partial charge in [-0.2, -0.15) is 0 Å². The molecule has 0 saturated carbocycles. The first-order valence-corrected chi connectivity index (χ1v) is 4.21. The Morgan fingerprint density at radius 1 is 1.50 bits per heavy atom. The van der Waals surface area contributed by atoms with E-state index in [-0.39, 0.29) is 5.91 Å². The maximum Gasteiger partial charge on any atom is 0.228 e. The quantitative estimate of drug-likeness (QED) is 0.648. The molecule has 0 bridgehead atoms. The van der Waals surface area contributed by atoms with Gasteiger partial charge in [0, 0.05) is 19.1 Å². The minimum absolute atomic E-state index is 0.192. The number of nitrogens with zero attached hydrogens (tertiary/aromatic N) is 1. The van der Waals surface area contributed by atoms with Gasteiger partial charge in [0.25, 0.3) is 0 Å². The predicted octanol–water partition coefficient (Wildman–Crippen LogP) is 2.02. The van der Waals surface area contributed by atoms with Crippen LogP contribution < -0.4 is 0 Å². The lowest BCUT2D eigenvalue weighted by Gasteiger charge is -1.97. The molecule has 14 heavy (non-hydrogen) atoms. The van der Waals surface area contributed by atoms with Gasteiger partial charge >= 0.3 is 0 Å². The van der Waals surface area contributed by atoms with Crippen LogP contribution in [0.3, 0.4) is 0 Å². The molecule has 0 spiro atoms. The van der Waals surface area contributed by atoms with Crippen molar-refractivity contribution >= 4 is 23.3 Å². The molecule has 0 N–H and O–H groups in total. The number of aromatic nitrogens is 1. The summed E-state index contributed by atoms with van der Waals surface area (Å²) >= 11 is 0. The van der Waals surface area contributed by atoms with Gasteiger partial charge in [-0.05, 0) is 6.92 Å². The van der Waals surface area contributed by atoms with Crippen LogP contribution >= 0.6 is 0 Å². The van der Waals surface area contributed by atoms with Crippen LogP contribution in [0.25, 0.3) is 11.1 Å². The molecule has 0 atom stereocenters. The molecular formula is C10H9NO3. The first-order chi connectivity index (χ1) is 6.63. The van der Waals surface area contributed by atoms with Gasteiger partial charge in [0.15, 0.2) is 11.9 Å². The SMILES string of the molecule is CC(=O)n1c(C=O)cc2oc(C)cc21. The molecule has 0 amide bonds. The monoisotopic (exact) mass is 191 g/mol. The summed E-state index contributed by atoms with van der Waals surface area (Å²) in [4.78, 5) is 21.9. The topological polar surface area (TPSA) is 52.2 Å². The van der Waals surface area contributed by atoms with E-state index in [2.05, 4.69) is 0 Å². The fraction of sp³-hybridized carbons (Fsp3) is 0.200. The van der Waals surface area contributed by atoms with Crippen LogP contribution in [0.2, 0.25) is 0 Å². The Balaban J connectivity index is 2.83. The van der Waals surface area contributed by atoms with Crippen molar-refractivity contribution in [2.75, 3.05) is 0 Å². The molecule has 2 aromatic heterocycles.